The van der Waals surface area contributed by atoms with Crippen molar-refractivity contribution in [1.82, 2.24) is 0 Å². The lowest BCUT2D eigenvalue weighted by Gasteiger charge is -2.11. The van der Waals surface area contributed by atoms with Crippen LogP contribution in [0.5, 0.6) is 0 Å². The fourth-order valence-corrected chi connectivity index (χ4v) is 2.34. The highest BCUT2D eigenvalue weighted by Gasteiger charge is 2.19. The van der Waals surface area contributed by atoms with Crippen molar-refractivity contribution in [3.63, 3.8) is 0 Å². The molecule has 0 N–H and O–H groups in total. The Morgan fingerprint density at radius 2 is 1.80 bits per heavy atom. The zero-order valence-electron chi connectivity index (χ0n) is 11.9. The van der Waals surface area contributed by atoms with E-state index < -0.39 is 13.6 Å². The molecule has 0 atom stereocenters. The number of ether oxygens (including phenoxy) is 1. The molecule has 0 heterocycles. The van der Waals surface area contributed by atoms with Crippen molar-refractivity contribution >= 4 is 13.6 Å². The number of hydrogen-bond acceptors (Lipinski definition) is 5. The zero-order valence-corrected chi connectivity index (χ0v) is 12.8. The van der Waals surface area contributed by atoms with E-state index in [1.54, 1.807) is 6.92 Å². The number of esters is 1. The zero-order chi connectivity index (χ0) is 15.0. The van der Waals surface area contributed by atoms with Crippen LogP contribution >= 0.6 is 7.60 Å². The fourth-order valence-electron chi connectivity index (χ4n) is 1.39. The molecule has 0 aliphatic heterocycles. The van der Waals surface area contributed by atoms with Gasteiger partial charge in [0, 0.05) is 19.8 Å². The highest BCUT2D eigenvalue weighted by atomic mass is 31.2. The maximum atomic E-state index is 11.8. The number of allylic oxidation sites excluding steroid dienone is 1. The van der Waals surface area contributed by atoms with Crippen LogP contribution in [0.4, 0.5) is 0 Å². The van der Waals surface area contributed by atoms with Gasteiger partial charge in [-0.1, -0.05) is 36.4 Å². The van der Waals surface area contributed by atoms with Gasteiger partial charge in [-0.2, -0.15) is 0 Å². The summed E-state index contributed by atoms with van der Waals surface area (Å²) in [6.07, 6.45) is 1.54. The number of benzene rings is 1. The quantitative estimate of drug-likeness (QED) is 0.439. The molecule has 5 nitrogen and oxygen atoms in total. The lowest BCUT2D eigenvalue weighted by Crippen LogP contribution is -2.06. The van der Waals surface area contributed by atoms with Crippen LogP contribution in [0, 0.1) is 0 Å². The van der Waals surface area contributed by atoms with E-state index in [0.29, 0.717) is 5.57 Å². The molecule has 0 bridgehead atoms. The molecule has 1 aromatic carbocycles. The summed E-state index contributed by atoms with van der Waals surface area (Å²) in [4.78, 5) is 11.7. The largest absolute Gasteiger partial charge is 0.457 e. The molecule has 0 aliphatic carbocycles. The molecule has 0 saturated heterocycles. The van der Waals surface area contributed by atoms with Crippen molar-refractivity contribution in [2.75, 3.05) is 20.4 Å². The van der Waals surface area contributed by atoms with Gasteiger partial charge in [-0.3, -0.25) is 4.57 Å². The maximum Gasteiger partial charge on any atom is 0.333 e. The molecular formula is C14H19O5P. The van der Waals surface area contributed by atoms with E-state index in [1.807, 2.05) is 30.3 Å². The number of rotatable bonds is 7. The summed E-state index contributed by atoms with van der Waals surface area (Å²) >= 11 is 0. The van der Waals surface area contributed by atoms with Crippen LogP contribution in [0.1, 0.15) is 12.5 Å². The first-order chi connectivity index (χ1) is 9.50. The molecule has 0 radical (unpaired) electrons. The Bertz CT molecular complexity index is 502. The summed E-state index contributed by atoms with van der Waals surface area (Å²) in [5, 5.41) is 0. The Balaban J connectivity index is 2.52. The molecule has 0 aliphatic rings. The first-order valence-corrected chi connectivity index (χ1v) is 7.82. The van der Waals surface area contributed by atoms with Crippen LogP contribution in [0.25, 0.3) is 0 Å². The minimum Gasteiger partial charge on any atom is -0.457 e. The van der Waals surface area contributed by atoms with E-state index in [0.717, 1.165) is 5.56 Å². The smallest absolute Gasteiger partial charge is 0.333 e. The van der Waals surface area contributed by atoms with E-state index in [4.69, 9.17) is 13.8 Å². The molecule has 0 spiro atoms. The Morgan fingerprint density at radius 1 is 1.20 bits per heavy atom. The van der Waals surface area contributed by atoms with E-state index >= 15 is 0 Å². The van der Waals surface area contributed by atoms with Gasteiger partial charge >= 0.3 is 13.6 Å². The number of carbonyl (C=O) groups is 1. The normalized spacial score (nSPS) is 12.2. The second kappa shape index (κ2) is 8.00. The van der Waals surface area contributed by atoms with E-state index in [1.165, 1.54) is 20.3 Å². The second-order valence-electron chi connectivity index (χ2n) is 4.11. The molecule has 0 unspecified atom stereocenters. The number of hydrogen-bond donors (Lipinski definition) is 0. The molecule has 1 rings (SSSR count). The Hall–Kier alpha value is -1.42. The lowest BCUT2D eigenvalue weighted by atomic mass is 10.2. The SMILES string of the molecule is COP(=O)(C/C=C(\C)C(=O)OCc1ccccc1)OC. The Labute approximate surface area is 119 Å². The first-order valence-electron chi connectivity index (χ1n) is 6.09. The van der Waals surface area contributed by atoms with Crippen molar-refractivity contribution < 1.29 is 23.1 Å². The molecule has 110 valence electrons. The van der Waals surface area contributed by atoms with E-state index in [2.05, 4.69) is 0 Å². The highest BCUT2D eigenvalue weighted by molar-refractivity contribution is 7.54. The monoisotopic (exact) mass is 298 g/mol. The van der Waals surface area contributed by atoms with Crippen molar-refractivity contribution in [2.24, 2.45) is 0 Å². The van der Waals surface area contributed by atoms with E-state index in [9.17, 15) is 9.36 Å². The lowest BCUT2D eigenvalue weighted by molar-refractivity contribution is -0.140. The van der Waals surface area contributed by atoms with Gasteiger partial charge in [0.15, 0.2) is 0 Å². The predicted molar refractivity (Wildman–Crippen MR) is 76.5 cm³/mol. The van der Waals surface area contributed by atoms with Crippen LogP contribution in [-0.2, 0) is 29.8 Å². The van der Waals surface area contributed by atoms with Gasteiger partial charge in [0.1, 0.15) is 6.61 Å². The average Bonchev–Trinajstić information content (AvgIpc) is 2.50. The van der Waals surface area contributed by atoms with Gasteiger partial charge in [0.2, 0.25) is 0 Å². The van der Waals surface area contributed by atoms with Crippen molar-refractivity contribution in [3.8, 4) is 0 Å². The molecule has 0 aromatic heterocycles. The van der Waals surface area contributed by atoms with Gasteiger partial charge in [0.25, 0.3) is 0 Å². The predicted octanol–water partition coefficient (Wildman–Crippen LogP) is 3.16. The third-order valence-corrected chi connectivity index (χ3v) is 4.45. The van der Waals surface area contributed by atoms with Crippen molar-refractivity contribution in [1.29, 1.82) is 0 Å². The molecule has 0 amide bonds. The molecule has 20 heavy (non-hydrogen) atoms. The average molecular weight is 298 g/mol. The van der Waals surface area contributed by atoms with Crippen molar-refractivity contribution in [2.45, 2.75) is 13.5 Å². The molecule has 6 heteroatoms. The third-order valence-electron chi connectivity index (χ3n) is 2.71. The van der Waals surface area contributed by atoms with Gasteiger partial charge in [-0.25, -0.2) is 4.79 Å². The van der Waals surface area contributed by atoms with Gasteiger partial charge in [-0.05, 0) is 12.5 Å². The van der Waals surface area contributed by atoms with Crippen LogP contribution in [0.2, 0.25) is 0 Å². The summed E-state index contributed by atoms with van der Waals surface area (Å²) < 4.78 is 26.5. The molecular weight excluding hydrogens is 279 g/mol. The minimum atomic E-state index is -3.14. The van der Waals surface area contributed by atoms with Gasteiger partial charge in [-0.15, -0.1) is 0 Å². The highest BCUT2D eigenvalue weighted by Crippen LogP contribution is 2.46. The van der Waals surface area contributed by atoms with Crippen LogP contribution in [-0.4, -0.2) is 26.4 Å². The first kappa shape index (κ1) is 16.6. The van der Waals surface area contributed by atoms with E-state index in [-0.39, 0.29) is 12.8 Å². The van der Waals surface area contributed by atoms with Crippen molar-refractivity contribution in [3.05, 3.63) is 47.5 Å². The summed E-state index contributed by atoms with van der Waals surface area (Å²) in [7, 11) is -0.522. The maximum absolute atomic E-state index is 11.8. The third kappa shape index (κ3) is 5.29. The fraction of sp³-hybridized carbons (Fsp3) is 0.357. The topological polar surface area (TPSA) is 61.8 Å². The molecule has 0 saturated carbocycles. The van der Waals surface area contributed by atoms with Gasteiger partial charge < -0.3 is 13.8 Å². The number of carbonyl (C=O) groups excluding carboxylic acids is 1. The van der Waals surface area contributed by atoms with Crippen LogP contribution < -0.4 is 0 Å². The van der Waals surface area contributed by atoms with Crippen LogP contribution in [0.3, 0.4) is 0 Å². The Morgan fingerprint density at radius 3 is 2.35 bits per heavy atom. The standard InChI is InChI=1S/C14H19O5P/c1-12(9-10-20(16,17-2)18-3)14(15)19-11-13-7-5-4-6-8-13/h4-9H,10-11H2,1-3H3/b12-9+. The second-order valence-corrected chi connectivity index (χ2v) is 6.42. The summed E-state index contributed by atoms with van der Waals surface area (Å²) in [5.74, 6) is -0.451. The molecule has 0 fully saturated rings. The minimum absolute atomic E-state index is 0.0340. The molecule has 1 aromatic rings. The summed E-state index contributed by atoms with van der Waals surface area (Å²) in [6.45, 7) is 1.81. The Kier molecular flexibility index (Phi) is 6.65. The summed E-state index contributed by atoms with van der Waals surface area (Å²) in [5.41, 5.74) is 1.28. The van der Waals surface area contributed by atoms with Gasteiger partial charge in [0.05, 0.1) is 6.16 Å². The van der Waals surface area contributed by atoms with Crippen LogP contribution in [0.15, 0.2) is 42.0 Å². The summed E-state index contributed by atoms with van der Waals surface area (Å²) in [6, 6.07) is 9.38.